The molecule has 2 rings (SSSR count). The summed E-state index contributed by atoms with van der Waals surface area (Å²) < 4.78 is 2.02. The normalized spacial score (nSPS) is 11.0. The van der Waals surface area contributed by atoms with Gasteiger partial charge in [-0.3, -0.25) is 5.43 Å². The van der Waals surface area contributed by atoms with Crippen molar-refractivity contribution in [2.75, 3.05) is 0 Å². The molecular weight excluding hydrogens is 327 g/mol. The second kappa shape index (κ2) is 6.47. The van der Waals surface area contributed by atoms with E-state index in [9.17, 15) is 0 Å². The van der Waals surface area contributed by atoms with Crippen LogP contribution in [0.4, 0.5) is 0 Å². The van der Waals surface area contributed by atoms with E-state index in [0.717, 1.165) is 22.6 Å². The van der Waals surface area contributed by atoms with Gasteiger partial charge in [0.1, 0.15) is 0 Å². The molecule has 0 amide bonds. The highest BCUT2D eigenvalue weighted by Crippen LogP contribution is 2.31. The average Bonchev–Trinajstić information content (AvgIpc) is 2.68. The Balaban J connectivity index is 2.47. The standard InChI is InChI=1S/C14H14Cl2N4S/c1-8-6-10(7-18-19-14(17)21)9(2)20(8)12-5-3-4-11(15)13(12)16/h3-7H,1-2H3,(H3,17,19,21). The van der Waals surface area contributed by atoms with Crippen molar-refractivity contribution in [2.45, 2.75) is 13.8 Å². The molecule has 3 N–H and O–H groups in total. The van der Waals surface area contributed by atoms with Gasteiger partial charge in [-0.2, -0.15) is 5.10 Å². The summed E-state index contributed by atoms with van der Waals surface area (Å²) in [6.07, 6.45) is 1.66. The van der Waals surface area contributed by atoms with E-state index in [1.54, 1.807) is 12.3 Å². The van der Waals surface area contributed by atoms with Crippen molar-refractivity contribution in [3.8, 4) is 5.69 Å². The third-order valence-corrected chi connectivity index (χ3v) is 3.92. The van der Waals surface area contributed by atoms with Crippen LogP contribution in [0.15, 0.2) is 29.4 Å². The molecule has 0 fully saturated rings. The van der Waals surface area contributed by atoms with E-state index in [-0.39, 0.29) is 5.11 Å². The molecule has 1 aromatic carbocycles. The van der Waals surface area contributed by atoms with Gasteiger partial charge in [0.05, 0.1) is 21.9 Å². The van der Waals surface area contributed by atoms with Crippen LogP contribution in [-0.2, 0) is 0 Å². The van der Waals surface area contributed by atoms with E-state index in [2.05, 4.69) is 10.5 Å². The molecule has 0 unspecified atom stereocenters. The Bertz CT molecular complexity index is 722. The molecule has 0 aliphatic heterocycles. The second-order valence-corrected chi connectivity index (χ2v) is 5.69. The number of hydrogen-bond donors (Lipinski definition) is 2. The molecule has 0 radical (unpaired) electrons. The van der Waals surface area contributed by atoms with Crippen LogP contribution in [0.25, 0.3) is 5.69 Å². The van der Waals surface area contributed by atoms with Gasteiger partial charge in [-0.1, -0.05) is 29.3 Å². The fourth-order valence-electron chi connectivity index (χ4n) is 2.12. The molecule has 0 aliphatic carbocycles. The molecule has 7 heteroatoms. The van der Waals surface area contributed by atoms with Crippen LogP contribution in [0.3, 0.4) is 0 Å². The quantitative estimate of drug-likeness (QED) is 0.510. The highest BCUT2D eigenvalue weighted by molar-refractivity contribution is 7.80. The number of rotatable bonds is 3. The summed E-state index contributed by atoms with van der Waals surface area (Å²) in [5, 5.41) is 5.14. The molecule has 2 aromatic rings. The zero-order valence-electron chi connectivity index (χ0n) is 11.5. The molecule has 110 valence electrons. The highest BCUT2D eigenvalue weighted by atomic mass is 35.5. The van der Waals surface area contributed by atoms with Crippen molar-refractivity contribution in [3.05, 3.63) is 51.3 Å². The number of benzene rings is 1. The molecule has 0 saturated heterocycles. The van der Waals surface area contributed by atoms with Crippen LogP contribution >= 0.6 is 35.4 Å². The van der Waals surface area contributed by atoms with Gasteiger partial charge in [0.2, 0.25) is 0 Å². The molecule has 1 heterocycles. The van der Waals surface area contributed by atoms with Crippen LogP contribution < -0.4 is 11.2 Å². The summed E-state index contributed by atoms with van der Waals surface area (Å²) in [6.45, 7) is 3.97. The zero-order chi connectivity index (χ0) is 15.6. The summed E-state index contributed by atoms with van der Waals surface area (Å²) in [5.41, 5.74) is 11.6. The Morgan fingerprint density at radius 1 is 1.38 bits per heavy atom. The number of nitrogens with two attached hydrogens (primary N) is 1. The van der Waals surface area contributed by atoms with Crippen molar-refractivity contribution in [3.63, 3.8) is 0 Å². The Hall–Kier alpha value is -1.56. The summed E-state index contributed by atoms with van der Waals surface area (Å²) in [7, 11) is 0. The fourth-order valence-corrected chi connectivity index (χ4v) is 2.55. The number of hydrazone groups is 1. The Labute approximate surface area is 138 Å². The van der Waals surface area contributed by atoms with E-state index in [1.165, 1.54) is 0 Å². The monoisotopic (exact) mass is 340 g/mol. The van der Waals surface area contributed by atoms with Crippen molar-refractivity contribution in [1.82, 2.24) is 9.99 Å². The third-order valence-electron chi connectivity index (χ3n) is 3.02. The van der Waals surface area contributed by atoms with Gasteiger partial charge in [-0.05, 0) is 44.3 Å². The van der Waals surface area contributed by atoms with Crippen LogP contribution in [0, 0.1) is 13.8 Å². The first kappa shape index (κ1) is 15.8. The summed E-state index contributed by atoms with van der Waals surface area (Å²) in [6, 6.07) is 7.54. The number of aromatic nitrogens is 1. The lowest BCUT2D eigenvalue weighted by Crippen LogP contribution is -2.24. The van der Waals surface area contributed by atoms with Crippen LogP contribution in [0.5, 0.6) is 0 Å². The van der Waals surface area contributed by atoms with Gasteiger partial charge in [-0.25, -0.2) is 0 Å². The summed E-state index contributed by atoms with van der Waals surface area (Å²) in [5.74, 6) is 0. The number of nitrogens with one attached hydrogen (secondary N) is 1. The molecule has 0 atom stereocenters. The predicted molar refractivity (Wildman–Crippen MR) is 92.8 cm³/mol. The Morgan fingerprint density at radius 2 is 2.10 bits per heavy atom. The van der Waals surface area contributed by atoms with E-state index in [4.69, 9.17) is 41.2 Å². The topological polar surface area (TPSA) is 55.3 Å². The minimum absolute atomic E-state index is 0.123. The molecule has 0 aliphatic rings. The number of halogens is 2. The SMILES string of the molecule is Cc1cc(C=NNC(N)=S)c(C)n1-c1cccc(Cl)c1Cl. The number of thiocarbonyl (C=S) groups is 1. The van der Waals surface area contributed by atoms with Gasteiger partial charge in [0.15, 0.2) is 5.11 Å². The van der Waals surface area contributed by atoms with Gasteiger partial charge < -0.3 is 10.3 Å². The first-order valence-corrected chi connectivity index (χ1v) is 7.30. The first-order valence-electron chi connectivity index (χ1n) is 6.13. The molecule has 21 heavy (non-hydrogen) atoms. The van der Waals surface area contributed by atoms with Gasteiger partial charge >= 0.3 is 0 Å². The Kier molecular flexibility index (Phi) is 4.88. The van der Waals surface area contributed by atoms with E-state index in [1.807, 2.05) is 36.6 Å². The fraction of sp³-hybridized carbons (Fsp3) is 0.143. The third kappa shape index (κ3) is 3.37. The van der Waals surface area contributed by atoms with Crippen molar-refractivity contribution in [2.24, 2.45) is 10.8 Å². The molecular formula is C14H14Cl2N4S. The number of aryl methyl sites for hydroxylation is 1. The second-order valence-electron chi connectivity index (χ2n) is 4.47. The molecule has 4 nitrogen and oxygen atoms in total. The van der Waals surface area contributed by atoms with Crippen LogP contribution in [0.2, 0.25) is 10.0 Å². The highest BCUT2D eigenvalue weighted by Gasteiger charge is 2.13. The lowest BCUT2D eigenvalue weighted by molar-refractivity contribution is 0.964. The van der Waals surface area contributed by atoms with Crippen molar-refractivity contribution in [1.29, 1.82) is 0 Å². The van der Waals surface area contributed by atoms with Crippen LogP contribution in [-0.4, -0.2) is 15.9 Å². The lowest BCUT2D eigenvalue weighted by atomic mass is 10.2. The minimum atomic E-state index is 0.123. The largest absolute Gasteiger partial charge is 0.375 e. The maximum absolute atomic E-state index is 6.29. The predicted octanol–water partition coefficient (Wildman–Crippen LogP) is 3.57. The maximum atomic E-state index is 6.29. The summed E-state index contributed by atoms with van der Waals surface area (Å²) >= 11 is 17.1. The number of hydrogen-bond acceptors (Lipinski definition) is 2. The van der Waals surface area contributed by atoms with Gasteiger partial charge in [0.25, 0.3) is 0 Å². The van der Waals surface area contributed by atoms with Crippen molar-refractivity contribution < 1.29 is 0 Å². The van der Waals surface area contributed by atoms with Crippen LogP contribution in [0.1, 0.15) is 17.0 Å². The zero-order valence-corrected chi connectivity index (χ0v) is 13.9. The Morgan fingerprint density at radius 3 is 2.76 bits per heavy atom. The van der Waals surface area contributed by atoms with Gasteiger partial charge in [-0.15, -0.1) is 0 Å². The summed E-state index contributed by atoms with van der Waals surface area (Å²) in [4.78, 5) is 0. The number of nitrogens with zero attached hydrogens (tertiary/aromatic N) is 2. The molecule has 1 aromatic heterocycles. The lowest BCUT2D eigenvalue weighted by Gasteiger charge is -2.12. The van der Waals surface area contributed by atoms with E-state index < -0.39 is 0 Å². The van der Waals surface area contributed by atoms with E-state index >= 15 is 0 Å². The molecule has 0 bridgehead atoms. The van der Waals surface area contributed by atoms with Gasteiger partial charge in [0, 0.05) is 17.0 Å². The maximum Gasteiger partial charge on any atom is 0.184 e. The van der Waals surface area contributed by atoms with E-state index in [0.29, 0.717) is 10.0 Å². The minimum Gasteiger partial charge on any atom is -0.375 e. The van der Waals surface area contributed by atoms with Crippen molar-refractivity contribution >= 4 is 46.7 Å². The average molecular weight is 341 g/mol. The first-order chi connectivity index (χ1) is 9.91. The molecule has 0 saturated carbocycles. The smallest absolute Gasteiger partial charge is 0.184 e. The molecule has 0 spiro atoms.